The summed E-state index contributed by atoms with van der Waals surface area (Å²) in [6.07, 6.45) is 5.14. The Balaban J connectivity index is 1.59. The second-order valence-corrected chi connectivity index (χ2v) is 5.61. The van der Waals surface area contributed by atoms with Crippen LogP contribution in [0.25, 0.3) is 6.08 Å². The van der Waals surface area contributed by atoms with Crippen molar-refractivity contribution in [3.8, 4) is 0 Å². The minimum absolute atomic E-state index is 0.103. The molecule has 2 aromatic carbocycles. The third kappa shape index (κ3) is 3.90. The lowest BCUT2D eigenvalue weighted by atomic mass is 10.2. The first kappa shape index (κ1) is 16.0. The highest BCUT2D eigenvalue weighted by molar-refractivity contribution is 5.97. The molecule has 1 amide bonds. The Labute approximate surface area is 141 Å². The van der Waals surface area contributed by atoms with E-state index in [9.17, 15) is 9.59 Å². The van der Waals surface area contributed by atoms with Crippen molar-refractivity contribution >= 4 is 23.6 Å². The largest absolute Gasteiger partial charge is 0.458 e. The number of hydrogen-bond acceptors (Lipinski definition) is 3. The molecule has 0 bridgehead atoms. The normalized spacial score (nSPS) is 14.3. The molecule has 0 N–H and O–H groups in total. The van der Waals surface area contributed by atoms with Crippen LogP contribution in [-0.4, -0.2) is 25.0 Å². The predicted molar refractivity (Wildman–Crippen MR) is 93.8 cm³/mol. The van der Waals surface area contributed by atoms with Crippen LogP contribution >= 0.6 is 0 Å². The van der Waals surface area contributed by atoms with Crippen molar-refractivity contribution in [2.24, 2.45) is 0 Å². The molecular formula is C20H19NO3. The molecule has 1 fully saturated rings. The van der Waals surface area contributed by atoms with Gasteiger partial charge in [-0.25, -0.2) is 4.79 Å². The van der Waals surface area contributed by atoms with Crippen molar-refractivity contribution in [3.05, 3.63) is 71.8 Å². The minimum Gasteiger partial charge on any atom is -0.458 e. The number of carbonyl (C=O) groups is 2. The molecule has 0 radical (unpaired) electrons. The molecule has 2 aromatic rings. The van der Waals surface area contributed by atoms with Gasteiger partial charge < -0.3 is 9.64 Å². The highest BCUT2D eigenvalue weighted by Gasteiger charge is 2.22. The van der Waals surface area contributed by atoms with Crippen LogP contribution < -0.4 is 4.90 Å². The van der Waals surface area contributed by atoms with Gasteiger partial charge in [-0.05, 0) is 36.3 Å². The summed E-state index contributed by atoms with van der Waals surface area (Å²) in [5, 5.41) is 0. The van der Waals surface area contributed by atoms with Crippen LogP contribution in [0.4, 0.5) is 5.69 Å². The van der Waals surface area contributed by atoms with Crippen LogP contribution in [0.1, 0.15) is 28.8 Å². The number of rotatable bonds is 5. The number of carbonyl (C=O) groups excluding carboxylic acids is 2. The van der Waals surface area contributed by atoms with Gasteiger partial charge in [-0.15, -0.1) is 0 Å². The number of benzene rings is 2. The van der Waals surface area contributed by atoms with E-state index in [1.807, 2.05) is 42.5 Å². The fourth-order valence-electron chi connectivity index (χ4n) is 2.68. The fraction of sp³-hybridized carbons (Fsp3) is 0.200. The quantitative estimate of drug-likeness (QED) is 0.789. The number of esters is 1. The van der Waals surface area contributed by atoms with Gasteiger partial charge in [-0.1, -0.05) is 42.5 Å². The van der Waals surface area contributed by atoms with E-state index >= 15 is 0 Å². The first-order valence-electron chi connectivity index (χ1n) is 8.03. The average Bonchev–Trinajstić information content (AvgIpc) is 3.05. The molecule has 1 saturated heterocycles. The second-order valence-electron chi connectivity index (χ2n) is 5.61. The van der Waals surface area contributed by atoms with Crippen molar-refractivity contribution in [1.29, 1.82) is 0 Å². The SMILES string of the molecule is O=C(OC/C=C/c1ccccc1)c1cccc(N2CCCC2=O)c1. The fourth-order valence-corrected chi connectivity index (χ4v) is 2.68. The molecule has 4 nitrogen and oxygen atoms in total. The minimum atomic E-state index is -0.388. The van der Waals surface area contributed by atoms with Gasteiger partial charge in [0.05, 0.1) is 5.56 Å². The lowest BCUT2D eigenvalue weighted by Crippen LogP contribution is -2.23. The molecule has 1 aliphatic rings. The number of amides is 1. The lowest BCUT2D eigenvalue weighted by Gasteiger charge is -2.16. The highest BCUT2D eigenvalue weighted by Crippen LogP contribution is 2.22. The molecule has 1 heterocycles. The Morgan fingerprint density at radius 3 is 2.71 bits per heavy atom. The number of nitrogens with zero attached hydrogens (tertiary/aromatic N) is 1. The Morgan fingerprint density at radius 2 is 1.96 bits per heavy atom. The van der Waals surface area contributed by atoms with Gasteiger partial charge in [0.25, 0.3) is 0 Å². The summed E-state index contributed by atoms with van der Waals surface area (Å²) >= 11 is 0. The summed E-state index contributed by atoms with van der Waals surface area (Å²) in [4.78, 5) is 25.7. The highest BCUT2D eigenvalue weighted by atomic mass is 16.5. The van der Waals surface area contributed by atoms with Crippen LogP contribution in [0.5, 0.6) is 0 Å². The zero-order chi connectivity index (χ0) is 16.8. The summed E-state index contributed by atoms with van der Waals surface area (Å²) in [7, 11) is 0. The van der Waals surface area contributed by atoms with Crippen molar-refractivity contribution in [1.82, 2.24) is 0 Å². The van der Waals surface area contributed by atoms with Gasteiger partial charge in [0.15, 0.2) is 0 Å². The summed E-state index contributed by atoms with van der Waals surface area (Å²) in [6, 6.07) is 16.9. The smallest absolute Gasteiger partial charge is 0.338 e. The summed E-state index contributed by atoms with van der Waals surface area (Å²) in [6.45, 7) is 0.914. The molecule has 0 aromatic heterocycles. The van der Waals surface area contributed by atoms with Crippen LogP contribution in [0.15, 0.2) is 60.7 Å². The van der Waals surface area contributed by atoms with Crippen LogP contribution in [0.3, 0.4) is 0 Å². The molecule has 0 saturated carbocycles. The molecule has 4 heteroatoms. The van der Waals surface area contributed by atoms with E-state index in [0.29, 0.717) is 18.5 Å². The zero-order valence-electron chi connectivity index (χ0n) is 13.4. The molecule has 122 valence electrons. The predicted octanol–water partition coefficient (Wildman–Crippen LogP) is 3.68. The summed E-state index contributed by atoms with van der Waals surface area (Å²) in [5.74, 6) is -0.285. The standard InChI is InChI=1S/C20H19NO3/c22-19-12-5-13-21(19)18-11-4-10-17(15-18)20(23)24-14-6-9-16-7-2-1-3-8-16/h1-4,6-11,15H,5,12-14H2/b9-6+. The van der Waals surface area contributed by atoms with Crippen molar-refractivity contribution < 1.29 is 14.3 Å². The van der Waals surface area contributed by atoms with Gasteiger partial charge in [0.2, 0.25) is 5.91 Å². The number of hydrogen-bond donors (Lipinski definition) is 0. The molecule has 24 heavy (non-hydrogen) atoms. The Morgan fingerprint density at radius 1 is 1.12 bits per heavy atom. The van der Waals surface area contributed by atoms with Crippen LogP contribution in [0.2, 0.25) is 0 Å². The van der Waals surface area contributed by atoms with Gasteiger partial charge >= 0.3 is 5.97 Å². The Bertz CT molecular complexity index is 752. The molecule has 0 aliphatic carbocycles. The third-order valence-electron chi connectivity index (χ3n) is 3.89. The van der Waals surface area contributed by atoms with Crippen LogP contribution in [-0.2, 0) is 9.53 Å². The van der Waals surface area contributed by atoms with Crippen LogP contribution in [0, 0.1) is 0 Å². The van der Waals surface area contributed by atoms with Crippen molar-refractivity contribution in [2.75, 3.05) is 18.1 Å². The van der Waals surface area contributed by atoms with E-state index < -0.39 is 0 Å². The molecule has 0 unspecified atom stereocenters. The lowest BCUT2D eigenvalue weighted by molar-refractivity contribution is -0.117. The molecule has 0 spiro atoms. The van der Waals surface area contributed by atoms with Gasteiger partial charge in [-0.3, -0.25) is 4.79 Å². The van der Waals surface area contributed by atoms with E-state index in [1.54, 1.807) is 29.2 Å². The molecule has 0 atom stereocenters. The number of ether oxygens (including phenoxy) is 1. The van der Waals surface area contributed by atoms with E-state index in [1.165, 1.54) is 0 Å². The van der Waals surface area contributed by atoms with Gasteiger partial charge in [-0.2, -0.15) is 0 Å². The molecule has 3 rings (SSSR count). The van der Waals surface area contributed by atoms with Gasteiger partial charge in [0.1, 0.15) is 6.61 Å². The summed E-state index contributed by atoms with van der Waals surface area (Å²) in [5.41, 5.74) is 2.27. The monoisotopic (exact) mass is 321 g/mol. The molecular weight excluding hydrogens is 302 g/mol. The molecule has 1 aliphatic heterocycles. The van der Waals surface area contributed by atoms with E-state index in [2.05, 4.69) is 0 Å². The van der Waals surface area contributed by atoms with Gasteiger partial charge in [0, 0.05) is 18.7 Å². The first-order valence-corrected chi connectivity index (χ1v) is 8.03. The third-order valence-corrected chi connectivity index (χ3v) is 3.89. The second kappa shape index (κ2) is 7.59. The first-order chi connectivity index (χ1) is 11.7. The number of anilines is 1. The van der Waals surface area contributed by atoms with E-state index in [-0.39, 0.29) is 18.5 Å². The topological polar surface area (TPSA) is 46.6 Å². The maximum absolute atomic E-state index is 12.1. The zero-order valence-corrected chi connectivity index (χ0v) is 13.4. The maximum Gasteiger partial charge on any atom is 0.338 e. The summed E-state index contributed by atoms with van der Waals surface area (Å²) < 4.78 is 5.27. The van der Waals surface area contributed by atoms with E-state index in [0.717, 1.165) is 17.7 Å². The van der Waals surface area contributed by atoms with Crippen molar-refractivity contribution in [2.45, 2.75) is 12.8 Å². The Hall–Kier alpha value is -2.88. The average molecular weight is 321 g/mol. The van der Waals surface area contributed by atoms with E-state index in [4.69, 9.17) is 4.74 Å². The Kier molecular flexibility index (Phi) is 5.06. The maximum atomic E-state index is 12.1. The van der Waals surface area contributed by atoms with Crippen molar-refractivity contribution in [3.63, 3.8) is 0 Å².